The van der Waals surface area contributed by atoms with E-state index in [2.05, 4.69) is 62.9 Å². The van der Waals surface area contributed by atoms with Crippen molar-refractivity contribution in [3.8, 4) is 0 Å². The van der Waals surface area contributed by atoms with Crippen molar-refractivity contribution in [2.45, 2.75) is 141 Å². The van der Waals surface area contributed by atoms with Crippen molar-refractivity contribution < 1.29 is 104 Å². The molecule has 15 rings (SSSR count). The number of aliphatic hydroxyl groups is 5. The Bertz CT molecular complexity index is 4590. The highest BCUT2D eigenvalue weighted by molar-refractivity contribution is 9.11. The van der Waals surface area contributed by atoms with Gasteiger partial charge in [0.05, 0.1) is 67.3 Å². The van der Waals surface area contributed by atoms with E-state index < -0.39 is 51.3 Å². The van der Waals surface area contributed by atoms with Gasteiger partial charge < -0.3 is 99.0 Å². The Labute approximate surface area is 801 Å². The monoisotopic (exact) mass is 2070 g/mol. The summed E-state index contributed by atoms with van der Waals surface area (Å²) in [6.45, 7) is 20.5. The Balaban J connectivity index is 0.000000211. The third kappa shape index (κ3) is 34.3. The number of ether oxygens (including phenoxy) is 4. The topological polar surface area (TPSA) is 317 Å². The van der Waals surface area contributed by atoms with Crippen LogP contribution in [0.5, 0.6) is 0 Å². The Kier molecular flexibility index (Phi) is 47.8. The number of benzene rings is 7. The fraction of sp³-hybridized carbons (Fsp3) is 0.547. The second-order valence-corrected chi connectivity index (χ2v) is 37.3. The van der Waals surface area contributed by atoms with E-state index in [0.29, 0.717) is 107 Å². The average Bonchev–Trinajstić information content (AvgIpc) is 1.62. The SMILES string of the molecule is CO.COC(OC)C1CCN(c2ccc(B3OC(C)(C)C(C)(C)O3)cc2F)CC1.COC(OC)C1CCN(c2ccc(Br)cc2F)CC1.Nc1ccc(N2CCC(CO)CC2)c(F)c1.O=CC1CCN(c2ccc(Br)cc2F)CC1.O=[N+]([O-])c1ccc(F)c(F)c1.O=[N+]([O-])c1ccc(N2CCC(CO)CC2)c(F)c1.OCC1CCN(c2ccc(Br)cc2F)CC1.OCC1CCNCC1. The number of halogens is 11. The molecule has 0 amide bonds. The van der Waals surface area contributed by atoms with Gasteiger partial charge in [0.15, 0.2) is 30.0 Å². The molecule has 38 heteroatoms. The number of aliphatic hydroxyl groups excluding tert-OH is 5. The maximum atomic E-state index is 14.9. The van der Waals surface area contributed by atoms with Crippen LogP contribution in [0.2, 0.25) is 0 Å². The van der Waals surface area contributed by atoms with Gasteiger partial charge in [-0.3, -0.25) is 20.2 Å². The molecule has 0 unspecified atom stereocenters. The normalized spacial score (nSPS) is 18.0. The third-order valence-corrected chi connectivity index (χ3v) is 26.8. The first-order chi connectivity index (χ1) is 63.6. The molecule has 0 saturated carbocycles. The first-order valence-corrected chi connectivity index (χ1v) is 47.2. The van der Waals surface area contributed by atoms with Gasteiger partial charge >= 0.3 is 7.12 Å². The smallest absolute Gasteiger partial charge is 0.400 e. The number of piperidine rings is 7. The number of aldehydes is 1. The molecule has 133 heavy (non-hydrogen) atoms. The molecule has 26 nitrogen and oxygen atoms in total. The number of nitrogens with two attached hydrogens (primary N) is 1. The first kappa shape index (κ1) is 112. The molecule has 7 aromatic rings. The van der Waals surface area contributed by atoms with Crippen LogP contribution >= 0.6 is 47.8 Å². The van der Waals surface area contributed by atoms with Crippen LogP contribution in [0.3, 0.4) is 0 Å². The van der Waals surface area contributed by atoms with Crippen molar-refractivity contribution in [2.75, 3.05) is 189 Å². The van der Waals surface area contributed by atoms with Crippen molar-refractivity contribution in [1.29, 1.82) is 0 Å². The van der Waals surface area contributed by atoms with Gasteiger partial charge in [0, 0.05) is 190 Å². The summed E-state index contributed by atoms with van der Waals surface area (Å²) in [5.41, 5.74) is 8.72. The number of anilines is 7. The molecule has 8 aliphatic heterocycles. The van der Waals surface area contributed by atoms with E-state index >= 15 is 0 Å². The minimum atomic E-state index is -1.21. The number of non-ortho nitro benzene ring substituents is 2. The molecule has 8 N–H and O–H groups in total. The number of nitrogens with one attached hydrogen (secondary N) is 1. The summed E-state index contributed by atoms with van der Waals surface area (Å²) in [6.07, 6.45) is 13.6. The summed E-state index contributed by atoms with van der Waals surface area (Å²) >= 11 is 9.76. The third-order valence-electron chi connectivity index (χ3n) is 25.3. The molecule has 7 aromatic carbocycles. The predicted octanol–water partition coefficient (Wildman–Crippen LogP) is 17.2. The van der Waals surface area contributed by atoms with Crippen LogP contribution in [-0.4, -0.2) is 226 Å². The molecule has 8 fully saturated rings. The zero-order chi connectivity index (χ0) is 97.7. The second kappa shape index (κ2) is 56.7. The average molecular weight is 2070 g/mol. The van der Waals surface area contributed by atoms with Crippen LogP contribution in [0.4, 0.5) is 86.3 Å². The largest absolute Gasteiger partial charge is 0.494 e. The lowest BCUT2D eigenvalue weighted by atomic mass is 9.79. The van der Waals surface area contributed by atoms with E-state index in [1.807, 2.05) is 83.7 Å². The molecular weight excluding hydrogens is 1940 g/mol. The Hall–Kier alpha value is -7.93. The first-order valence-electron chi connectivity index (χ1n) is 44.8. The van der Waals surface area contributed by atoms with E-state index in [1.165, 1.54) is 42.5 Å². The number of nitrogens with zero attached hydrogens (tertiary/aromatic N) is 8. The Morgan fingerprint density at radius 2 is 0.692 bits per heavy atom. The van der Waals surface area contributed by atoms with Gasteiger partial charge in [-0.05, 0) is 257 Å². The van der Waals surface area contributed by atoms with Crippen molar-refractivity contribution in [3.63, 3.8) is 0 Å². The van der Waals surface area contributed by atoms with Crippen LogP contribution < -0.4 is 45.9 Å². The van der Waals surface area contributed by atoms with E-state index in [1.54, 1.807) is 52.7 Å². The van der Waals surface area contributed by atoms with Crippen LogP contribution in [0.25, 0.3) is 0 Å². The quantitative estimate of drug-likeness (QED) is 0.00709. The fourth-order valence-corrected chi connectivity index (χ4v) is 17.6. The summed E-state index contributed by atoms with van der Waals surface area (Å²) in [6, 6.07) is 31.4. The highest BCUT2D eigenvalue weighted by Crippen LogP contribution is 2.39. The summed E-state index contributed by atoms with van der Waals surface area (Å²) in [7, 11) is 7.10. The van der Waals surface area contributed by atoms with Crippen LogP contribution in [0.15, 0.2) is 141 Å². The zero-order valence-corrected chi connectivity index (χ0v) is 81.9. The number of nitro benzene ring substituents is 2. The number of rotatable bonds is 20. The number of carbonyl (C=O) groups is 1. The molecule has 0 atom stereocenters. The standard InChI is InChI=1S/C20H31BFNO4.C14H19BrFNO2.C12H15BrFNO.C12H13BrFNO.C12H15FN2O3.C12H17FN2O.C6H3F2NO2.C6H13NO.CH4O/c1-19(2)20(3,4)27-21(26-19)15-7-8-17(16(22)13-15)23-11-9-14(10-12-23)18(24-5)25-6;1-18-14(19-2)10-5-7-17(8-6-10)13-4-3-11(15)9-12(13)16;2*13-10-1-2-12(11(14)7-10)15-5-3-9(8-16)4-6-15;13-11-7-10(15(17)18)1-2-12(11)14-5-3-9(8-16)4-6-14;13-11-7-10(14)1-2-12(11)15-5-3-9(8-16)4-6-15;7-5-2-1-4(9(10)11)3-6(5)8;8-5-6-1-3-7-4-2-6;1-2/h7-8,13-14,18H,9-12H2,1-6H3;3-4,9-10,14H,5-8H2,1-2H3;1-2,7,9,16H,3-6,8H2;1-2,7-9H,3-6H2;1-2,7,9,16H,3-6,8H2;1-2,7,9,16H,3-6,8,14H2;1-3H;6-8H,1-5H2;2H,1H3. The van der Waals surface area contributed by atoms with Crippen molar-refractivity contribution >= 4 is 118 Å². The van der Waals surface area contributed by atoms with Crippen molar-refractivity contribution in [3.05, 3.63) is 208 Å². The molecule has 0 bridgehead atoms. The lowest BCUT2D eigenvalue weighted by Gasteiger charge is -2.36. The fourth-order valence-electron chi connectivity index (χ4n) is 16.6. The Morgan fingerprint density at radius 3 is 0.977 bits per heavy atom. The van der Waals surface area contributed by atoms with Crippen molar-refractivity contribution in [2.24, 2.45) is 41.4 Å². The number of hydrogen-bond donors (Lipinski definition) is 7. The van der Waals surface area contributed by atoms with Gasteiger partial charge in [0.25, 0.3) is 11.4 Å². The van der Waals surface area contributed by atoms with E-state index in [-0.39, 0.29) is 79.0 Å². The number of nitro groups is 2. The van der Waals surface area contributed by atoms with Crippen molar-refractivity contribution in [1.82, 2.24) is 5.32 Å². The van der Waals surface area contributed by atoms with Gasteiger partial charge in [-0.15, -0.1) is 0 Å². The Morgan fingerprint density at radius 1 is 0.414 bits per heavy atom. The number of methoxy groups -OCH3 is 4. The van der Waals surface area contributed by atoms with Gasteiger partial charge in [-0.25, -0.2) is 35.1 Å². The van der Waals surface area contributed by atoms with E-state index in [9.17, 15) is 60.1 Å². The van der Waals surface area contributed by atoms with Gasteiger partial charge in [-0.1, -0.05) is 53.9 Å². The highest BCUT2D eigenvalue weighted by Gasteiger charge is 2.52. The number of hydrogen-bond acceptors (Lipinski definition) is 24. The second-order valence-electron chi connectivity index (χ2n) is 34.5. The van der Waals surface area contributed by atoms with E-state index in [0.717, 1.165) is 207 Å². The van der Waals surface area contributed by atoms with Crippen LogP contribution in [0.1, 0.15) is 118 Å². The summed E-state index contributed by atoms with van der Waals surface area (Å²) < 4.78 is 144. The summed E-state index contributed by atoms with van der Waals surface area (Å²) in [5, 5.41) is 66.5. The summed E-state index contributed by atoms with van der Waals surface area (Å²) in [4.78, 5) is 41.8. The molecule has 8 saturated heterocycles. The number of carbonyl (C=O) groups excluding carboxylic acids is 1. The maximum Gasteiger partial charge on any atom is 0.494 e. The van der Waals surface area contributed by atoms with Gasteiger partial charge in [0.2, 0.25) is 0 Å². The molecule has 0 spiro atoms. The predicted molar refractivity (Wildman–Crippen MR) is 515 cm³/mol. The lowest BCUT2D eigenvalue weighted by molar-refractivity contribution is -0.385. The van der Waals surface area contributed by atoms with Gasteiger partial charge in [0.1, 0.15) is 35.4 Å². The van der Waals surface area contributed by atoms with Crippen LogP contribution in [0, 0.1) is 108 Å². The highest BCUT2D eigenvalue weighted by atomic mass is 79.9. The minimum absolute atomic E-state index is 0.148. The number of nitrogen functional groups attached to an aromatic ring is 1. The molecule has 736 valence electrons. The molecule has 0 aromatic heterocycles. The zero-order valence-electron chi connectivity index (χ0n) is 77.1. The molecular formula is C95H130BBr3F8N10O16. The van der Waals surface area contributed by atoms with Crippen LogP contribution in [-0.2, 0) is 33.1 Å². The molecule has 0 radical (unpaired) electrons. The maximum absolute atomic E-state index is 14.9. The molecule has 8 aliphatic rings. The molecule has 8 heterocycles. The summed E-state index contributed by atoms with van der Waals surface area (Å²) in [5.74, 6) is -1.46. The molecule has 0 aliphatic carbocycles. The van der Waals surface area contributed by atoms with E-state index in [4.69, 9.17) is 59.5 Å². The minimum Gasteiger partial charge on any atom is -0.400 e. The van der Waals surface area contributed by atoms with Gasteiger partial charge in [-0.2, -0.15) is 0 Å². The lowest BCUT2D eigenvalue weighted by Crippen LogP contribution is -2.41.